The van der Waals surface area contributed by atoms with Crippen molar-refractivity contribution in [2.24, 2.45) is 0 Å². The van der Waals surface area contributed by atoms with Crippen LogP contribution in [0, 0.1) is 0 Å². The first-order valence-electron chi connectivity index (χ1n) is 11.6. The number of rotatable bonds is 6. The maximum atomic E-state index is 11.9. The molecule has 35 heavy (non-hydrogen) atoms. The van der Waals surface area contributed by atoms with Gasteiger partial charge in [-0.2, -0.15) is 4.98 Å². The minimum absolute atomic E-state index is 0.337. The second-order valence-corrected chi connectivity index (χ2v) is 8.98. The zero-order chi connectivity index (χ0) is 24.4. The van der Waals surface area contributed by atoms with Gasteiger partial charge in [0.1, 0.15) is 0 Å². The fraction of sp³-hybridized carbons (Fsp3) is 0.269. The van der Waals surface area contributed by atoms with Gasteiger partial charge in [0.15, 0.2) is 5.65 Å². The van der Waals surface area contributed by atoms with Crippen LogP contribution < -0.4 is 10.2 Å². The fourth-order valence-electron chi connectivity index (χ4n) is 4.39. The van der Waals surface area contributed by atoms with E-state index in [1.54, 1.807) is 35.7 Å². The molecule has 4 aromatic rings. The van der Waals surface area contributed by atoms with Gasteiger partial charge in [-0.15, -0.1) is 5.10 Å². The number of benzene rings is 2. The largest absolute Gasteiger partial charge is 0.462 e. The molecule has 0 spiro atoms. The van der Waals surface area contributed by atoms with E-state index in [1.807, 2.05) is 42.6 Å². The van der Waals surface area contributed by atoms with E-state index < -0.39 is 5.60 Å². The Kier molecular flexibility index (Phi) is 6.32. The van der Waals surface area contributed by atoms with E-state index in [-0.39, 0.29) is 5.97 Å². The van der Waals surface area contributed by atoms with Crippen molar-refractivity contribution >= 4 is 40.5 Å². The molecule has 8 nitrogen and oxygen atoms in total. The summed E-state index contributed by atoms with van der Waals surface area (Å²) in [7, 11) is 0. The Morgan fingerprint density at radius 2 is 1.83 bits per heavy atom. The summed E-state index contributed by atoms with van der Waals surface area (Å²) in [4.78, 5) is 18.8. The summed E-state index contributed by atoms with van der Waals surface area (Å²) in [6.07, 6.45) is 3.05. The quantitative estimate of drug-likeness (QED) is 0.374. The fourth-order valence-corrected chi connectivity index (χ4v) is 4.52. The highest BCUT2D eigenvalue weighted by atomic mass is 35.5. The highest BCUT2D eigenvalue weighted by Crippen LogP contribution is 2.36. The number of piperidine rings is 1. The van der Waals surface area contributed by atoms with Crippen LogP contribution in [0.4, 0.5) is 17.3 Å². The first-order valence-corrected chi connectivity index (χ1v) is 12.0. The number of fused-ring (bicyclic) bond motifs is 1. The highest BCUT2D eigenvalue weighted by molar-refractivity contribution is 6.30. The summed E-state index contributed by atoms with van der Waals surface area (Å²) in [5.41, 5.74) is 2.97. The number of carbonyl (C=O) groups is 1. The van der Waals surface area contributed by atoms with Crippen LogP contribution in [0.3, 0.4) is 0 Å². The van der Waals surface area contributed by atoms with E-state index in [0.717, 1.165) is 22.6 Å². The number of nitrogens with one attached hydrogen (secondary N) is 1. The Morgan fingerprint density at radius 3 is 2.51 bits per heavy atom. The van der Waals surface area contributed by atoms with Crippen molar-refractivity contribution in [1.82, 2.24) is 14.6 Å². The van der Waals surface area contributed by atoms with E-state index in [2.05, 4.69) is 15.3 Å². The van der Waals surface area contributed by atoms with E-state index in [0.29, 0.717) is 49.1 Å². The van der Waals surface area contributed by atoms with Crippen LogP contribution in [0.2, 0.25) is 5.02 Å². The van der Waals surface area contributed by atoms with Crippen molar-refractivity contribution in [3.8, 4) is 0 Å². The lowest BCUT2D eigenvalue weighted by atomic mass is 9.84. The number of halogens is 1. The van der Waals surface area contributed by atoms with Crippen molar-refractivity contribution in [3.05, 3.63) is 83.0 Å². The average Bonchev–Trinajstić information content (AvgIpc) is 3.28. The van der Waals surface area contributed by atoms with Crippen molar-refractivity contribution in [2.75, 3.05) is 29.9 Å². The summed E-state index contributed by atoms with van der Waals surface area (Å²) >= 11 is 6.01. The van der Waals surface area contributed by atoms with E-state index in [4.69, 9.17) is 21.3 Å². The molecule has 1 saturated heterocycles. The number of pyridine rings is 1. The molecule has 180 valence electrons. The van der Waals surface area contributed by atoms with Gasteiger partial charge in [0, 0.05) is 30.0 Å². The molecule has 2 N–H and O–H groups in total. The Morgan fingerprint density at radius 1 is 1.11 bits per heavy atom. The average molecular weight is 492 g/mol. The van der Waals surface area contributed by atoms with Crippen LogP contribution >= 0.6 is 11.6 Å². The zero-order valence-electron chi connectivity index (χ0n) is 19.3. The maximum Gasteiger partial charge on any atom is 0.338 e. The lowest BCUT2D eigenvalue weighted by Gasteiger charge is -2.39. The van der Waals surface area contributed by atoms with Gasteiger partial charge in [-0.25, -0.2) is 9.31 Å². The van der Waals surface area contributed by atoms with Crippen molar-refractivity contribution in [1.29, 1.82) is 0 Å². The van der Waals surface area contributed by atoms with Gasteiger partial charge in [0.2, 0.25) is 5.95 Å². The molecule has 0 bridgehead atoms. The second kappa shape index (κ2) is 9.56. The van der Waals surface area contributed by atoms with Crippen molar-refractivity contribution < 1.29 is 14.6 Å². The number of hydrogen-bond donors (Lipinski definition) is 2. The second-order valence-electron chi connectivity index (χ2n) is 8.55. The van der Waals surface area contributed by atoms with Crippen LogP contribution in [0.15, 0.2) is 66.9 Å². The third kappa shape index (κ3) is 4.80. The van der Waals surface area contributed by atoms with Crippen LogP contribution in [-0.4, -0.2) is 45.4 Å². The van der Waals surface area contributed by atoms with E-state index in [1.165, 1.54) is 0 Å². The van der Waals surface area contributed by atoms with Crippen LogP contribution in [0.1, 0.15) is 35.7 Å². The molecule has 0 atom stereocenters. The predicted octanol–water partition coefficient (Wildman–Crippen LogP) is 4.79. The zero-order valence-corrected chi connectivity index (χ0v) is 20.1. The lowest BCUT2D eigenvalue weighted by molar-refractivity contribution is 0.0118. The SMILES string of the molecule is CCOC(=O)c1ccc(Nc2nc3c(N4CCC(O)(c5ccc(Cl)cc5)CC4)cccn3n2)cc1. The van der Waals surface area contributed by atoms with Crippen molar-refractivity contribution in [2.45, 2.75) is 25.4 Å². The highest BCUT2D eigenvalue weighted by Gasteiger charge is 2.34. The standard InChI is InChI=1S/C26H26ClN5O3/c1-2-35-24(33)18-5-11-21(12-6-18)28-25-29-23-22(4-3-15-32(23)30-25)31-16-13-26(34,14-17-31)19-7-9-20(27)10-8-19/h3-12,15,34H,2,13-14,16-17H2,1H3,(H,28,30). The summed E-state index contributed by atoms with van der Waals surface area (Å²) in [5, 5.41) is 19.6. The summed E-state index contributed by atoms with van der Waals surface area (Å²) < 4.78 is 6.77. The first-order chi connectivity index (χ1) is 16.9. The number of esters is 1. The van der Waals surface area contributed by atoms with Gasteiger partial charge in [-0.05, 0) is 73.9 Å². The van der Waals surface area contributed by atoms with Crippen LogP contribution in [0.25, 0.3) is 5.65 Å². The topological polar surface area (TPSA) is 92.0 Å². The number of anilines is 3. The van der Waals surface area contributed by atoms with E-state index >= 15 is 0 Å². The molecular formula is C26H26ClN5O3. The number of aliphatic hydroxyl groups is 1. The third-order valence-corrected chi connectivity index (χ3v) is 6.56. The molecule has 0 aliphatic carbocycles. The molecule has 5 rings (SSSR count). The molecule has 0 amide bonds. The number of aromatic nitrogens is 3. The molecule has 0 radical (unpaired) electrons. The monoisotopic (exact) mass is 491 g/mol. The molecular weight excluding hydrogens is 466 g/mol. The molecule has 2 aromatic heterocycles. The van der Waals surface area contributed by atoms with Gasteiger partial charge in [0.05, 0.1) is 23.5 Å². The Balaban J connectivity index is 1.31. The summed E-state index contributed by atoms with van der Waals surface area (Å²) in [5.74, 6) is 0.107. The predicted molar refractivity (Wildman–Crippen MR) is 135 cm³/mol. The summed E-state index contributed by atoms with van der Waals surface area (Å²) in [6, 6.07) is 18.4. The number of carbonyl (C=O) groups excluding carboxylic acids is 1. The molecule has 0 unspecified atom stereocenters. The molecule has 1 aliphatic heterocycles. The minimum atomic E-state index is -0.873. The van der Waals surface area contributed by atoms with Gasteiger partial charge < -0.3 is 20.1 Å². The molecule has 1 fully saturated rings. The molecule has 1 aliphatic rings. The third-order valence-electron chi connectivity index (χ3n) is 6.31. The van der Waals surface area contributed by atoms with Gasteiger partial charge in [0.25, 0.3) is 0 Å². The minimum Gasteiger partial charge on any atom is -0.462 e. The van der Waals surface area contributed by atoms with Crippen molar-refractivity contribution in [3.63, 3.8) is 0 Å². The number of ether oxygens (including phenoxy) is 1. The number of nitrogens with zero attached hydrogens (tertiary/aromatic N) is 4. The number of hydrogen-bond acceptors (Lipinski definition) is 7. The molecule has 2 aromatic carbocycles. The van der Waals surface area contributed by atoms with Crippen LogP contribution in [0.5, 0.6) is 0 Å². The van der Waals surface area contributed by atoms with Gasteiger partial charge >= 0.3 is 5.97 Å². The van der Waals surface area contributed by atoms with Gasteiger partial charge in [-0.3, -0.25) is 0 Å². The van der Waals surface area contributed by atoms with Gasteiger partial charge in [-0.1, -0.05) is 23.7 Å². The maximum absolute atomic E-state index is 11.9. The normalized spacial score (nSPS) is 15.2. The lowest BCUT2D eigenvalue weighted by Crippen LogP contribution is -2.42. The Labute approximate surface area is 208 Å². The van der Waals surface area contributed by atoms with E-state index in [9.17, 15) is 9.90 Å². The molecule has 0 saturated carbocycles. The Hall–Kier alpha value is -3.62. The summed E-state index contributed by atoms with van der Waals surface area (Å²) in [6.45, 7) is 3.48. The smallest absolute Gasteiger partial charge is 0.338 e. The Bertz CT molecular complexity index is 1330. The molecule has 9 heteroatoms. The first kappa shape index (κ1) is 23.1. The molecule has 3 heterocycles. The van der Waals surface area contributed by atoms with Crippen LogP contribution in [-0.2, 0) is 10.3 Å².